The van der Waals surface area contributed by atoms with Gasteiger partial charge in [0.05, 0.1) is 0 Å². The van der Waals surface area contributed by atoms with Gasteiger partial charge in [0.2, 0.25) is 0 Å². The van der Waals surface area contributed by atoms with Gasteiger partial charge in [-0.05, 0) is 41.8 Å². The Hall–Kier alpha value is -3.41. The van der Waals surface area contributed by atoms with Crippen LogP contribution in [0.25, 0.3) is 0 Å². The summed E-state index contributed by atoms with van der Waals surface area (Å²) >= 11 is 0. The second-order valence-electron chi connectivity index (χ2n) is 6.39. The van der Waals surface area contributed by atoms with E-state index in [4.69, 9.17) is 9.47 Å². The van der Waals surface area contributed by atoms with Crippen LogP contribution in [0.4, 0.5) is 8.78 Å². The first-order valence-corrected chi connectivity index (χ1v) is 9.20. The molecule has 6 heteroatoms. The largest absolute Gasteiger partial charge is 0.485 e. The zero-order chi connectivity index (χ0) is 20.5. The van der Waals surface area contributed by atoms with Gasteiger partial charge in [-0.15, -0.1) is 0 Å². The first kappa shape index (κ1) is 20.3. The van der Waals surface area contributed by atoms with Crippen molar-refractivity contribution in [2.75, 3.05) is 13.2 Å². The third-order valence-corrected chi connectivity index (χ3v) is 4.10. The lowest BCUT2D eigenvalue weighted by Gasteiger charge is -2.13. The number of ether oxygens (including phenoxy) is 2. The number of hydrogen-bond donors (Lipinski definition) is 1. The van der Waals surface area contributed by atoms with E-state index in [9.17, 15) is 13.6 Å². The molecule has 3 aromatic carbocycles. The van der Waals surface area contributed by atoms with Gasteiger partial charge in [0.1, 0.15) is 18.2 Å². The molecule has 3 aromatic rings. The third-order valence-electron chi connectivity index (χ3n) is 4.10. The summed E-state index contributed by atoms with van der Waals surface area (Å²) in [5, 5.41) is 2.67. The van der Waals surface area contributed by atoms with Gasteiger partial charge in [-0.25, -0.2) is 8.78 Å². The lowest BCUT2D eigenvalue weighted by molar-refractivity contribution is -0.123. The minimum Gasteiger partial charge on any atom is -0.485 e. The van der Waals surface area contributed by atoms with Crippen LogP contribution in [0.15, 0.2) is 72.8 Å². The maximum absolute atomic E-state index is 13.2. The number of amides is 1. The molecule has 0 aromatic heterocycles. The molecule has 0 saturated carbocycles. The van der Waals surface area contributed by atoms with Gasteiger partial charge < -0.3 is 14.8 Å². The van der Waals surface area contributed by atoms with Gasteiger partial charge in [-0.2, -0.15) is 0 Å². The predicted octanol–water partition coefficient (Wildman–Crippen LogP) is 4.28. The van der Waals surface area contributed by atoms with E-state index in [-0.39, 0.29) is 19.1 Å². The highest BCUT2D eigenvalue weighted by atomic mass is 19.1. The second-order valence-corrected chi connectivity index (χ2v) is 6.39. The average Bonchev–Trinajstić information content (AvgIpc) is 2.71. The minimum absolute atomic E-state index is 0.191. The quantitative estimate of drug-likeness (QED) is 0.586. The highest BCUT2D eigenvalue weighted by molar-refractivity contribution is 5.77. The number of rotatable bonds is 9. The van der Waals surface area contributed by atoms with Crippen LogP contribution in [0.2, 0.25) is 0 Å². The van der Waals surface area contributed by atoms with Crippen molar-refractivity contribution in [2.24, 2.45) is 0 Å². The lowest BCUT2D eigenvalue weighted by Crippen LogP contribution is -2.30. The van der Waals surface area contributed by atoms with Crippen molar-refractivity contribution < 1.29 is 23.0 Å². The third kappa shape index (κ3) is 6.60. The van der Waals surface area contributed by atoms with Crippen LogP contribution in [0.5, 0.6) is 11.5 Å². The van der Waals surface area contributed by atoms with Crippen LogP contribution in [-0.2, 0) is 17.8 Å². The number of benzene rings is 3. The maximum Gasteiger partial charge on any atom is 0.257 e. The molecule has 1 amide bonds. The fourth-order valence-electron chi connectivity index (χ4n) is 2.72. The molecule has 0 heterocycles. The molecule has 0 bridgehead atoms. The first-order valence-electron chi connectivity index (χ1n) is 9.20. The molecule has 0 spiro atoms. The molecule has 0 atom stereocenters. The number of para-hydroxylation sites is 2. The number of halogens is 2. The Morgan fingerprint density at radius 1 is 0.793 bits per heavy atom. The normalized spacial score (nSPS) is 10.4. The van der Waals surface area contributed by atoms with Gasteiger partial charge in [0.25, 0.3) is 5.91 Å². The Kier molecular flexibility index (Phi) is 7.16. The maximum atomic E-state index is 13.2. The van der Waals surface area contributed by atoms with Crippen molar-refractivity contribution in [2.45, 2.75) is 13.0 Å². The van der Waals surface area contributed by atoms with Crippen LogP contribution in [0.1, 0.15) is 11.1 Å². The molecule has 0 unspecified atom stereocenters. The van der Waals surface area contributed by atoms with E-state index in [1.807, 2.05) is 36.4 Å². The molecule has 4 nitrogen and oxygen atoms in total. The summed E-state index contributed by atoms with van der Waals surface area (Å²) < 4.78 is 37.7. The predicted molar refractivity (Wildman–Crippen MR) is 106 cm³/mol. The number of carbonyl (C=O) groups is 1. The van der Waals surface area contributed by atoms with Crippen molar-refractivity contribution in [3.8, 4) is 11.5 Å². The molecule has 0 saturated heterocycles. The molecule has 0 aliphatic heterocycles. The first-order chi connectivity index (χ1) is 14.1. The van der Waals surface area contributed by atoms with Crippen molar-refractivity contribution in [3.63, 3.8) is 0 Å². The lowest BCUT2D eigenvalue weighted by atomic mass is 10.1. The Morgan fingerprint density at radius 2 is 1.41 bits per heavy atom. The summed E-state index contributed by atoms with van der Waals surface area (Å²) in [5.41, 5.74) is 1.50. The molecular formula is C23H21F2NO3. The highest BCUT2D eigenvalue weighted by Gasteiger charge is 2.08. The Bertz CT molecular complexity index is 928. The Morgan fingerprint density at radius 3 is 2.10 bits per heavy atom. The fraction of sp³-hybridized carbons (Fsp3) is 0.174. The van der Waals surface area contributed by atoms with E-state index in [1.54, 1.807) is 18.2 Å². The zero-order valence-electron chi connectivity index (χ0n) is 15.7. The molecule has 0 aliphatic rings. The summed E-state index contributed by atoms with van der Waals surface area (Å²) in [7, 11) is 0. The Balaban J connectivity index is 1.46. The van der Waals surface area contributed by atoms with Crippen LogP contribution in [0.3, 0.4) is 0 Å². The van der Waals surface area contributed by atoms with Crippen molar-refractivity contribution in [1.29, 1.82) is 0 Å². The standard InChI is InChI=1S/C23H21F2NO3/c24-19-12-18(13-20(25)14-19)10-11-26-23(27)16-29-22-9-5-4-8-21(22)28-15-17-6-2-1-3-7-17/h1-9,12-14H,10-11,15-16H2,(H,26,27). The molecule has 1 N–H and O–H groups in total. The van der Waals surface area contributed by atoms with E-state index < -0.39 is 11.6 Å². The van der Waals surface area contributed by atoms with Crippen molar-refractivity contribution >= 4 is 5.91 Å². The number of carbonyl (C=O) groups excluding carboxylic acids is 1. The molecule has 0 fully saturated rings. The molecule has 3 rings (SSSR count). The SMILES string of the molecule is O=C(COc1ccccc1OCc1ccccc1)NCCc1cc(F)cc(F)c1. The smallest absolute Gasteiger partial charge is 0.257 e. The van der Waals surface area contributed by atoms with Crippen LogP contribution >= 0.6 is 0 Å². The molecule has 0 aliphatic carbocycles. The van der Waals surface area contributed by atoms with E-state index in [2.05, 4.69) is 5.32 Å². The topological polar surface area (TPSA) is 47.6 Å². The van der Waals surface area contributed by atoms with Crippen LogP contribution < -0.4 is 14.8 Å². The van der Waals surface area contributed by atoms with Gasteiger partial charge in [-0.1, -0.05) is 42.5 Å². The van der Waals surface area contributed by atoms with Crippen LogP contribution in [-0.4, -0.2) is 19.1 Å². The van der Waals surface area contributed by atoms with E-state index in [0.29, 0.717) is 30.1 Å². The van der Waals surface area contributed by atoms with Crippen molar-refractivity contribution in [1.82, 2.24) is 5.32 Å². The van der Waals surface area contributed by atoms with Crippen molar-refractivity contribution in [3.05, 3.63) is 95.6 Å². The summed E-state index contributed by atoms with van der Waals surface area (Å²) in [5.74, 6) is -0.603. The second kappa shape index (κ2) is 10.2. The average molecular weight is 397 g/mol. The summed E-state index contributed by atoms with van der Waals surface area (Å²) in [4.78, 5) is 12.0. The molecule has 150 valence electrons. The van der Waals surface area contributed by atoms with E-state index in [0.717, 1.165) is 11.6 Å². The number of hydrogen-bond acceptors (Lipinski definition) is 3. The summed E-state index contributed by atoms with van der Waals surface area (Å²) in [6.07, 6.45) is 0.317. The molecule has 0 radical (unpaired) electrons. The minimum atomic E-state index is -0.637. The van der Waals surface area contributed by atoms with Gasteiger partial charge in [0.15, 0.2) is 18.1 Å². The highest BCUT2D eigenvalue weighted by Crippen LogP contribution is 2.27. The Labute approximate surface area is 168 Å². The van der Waals surface area contributed by atoms with Gasteiger partial charge in [0, 0.05) is 12.6 Å². The van der Waals surface area contributed by atoms with E-state index in [1.165, 1.54) is 12.1 Å². The number of nitrogens with one attached hydrogen (secondary N) is 1. The van der Waals surface area contributed by atoms with E-state index >= 15 is 0 Å². The summed E-state index contributed by atoms with van der Waals surface area (Å²) in [6.45, 7) is 0.443. The fourth-order valence-corrected chi connectivity index (χ4v) is 2.72. The monoisotopic (exact) mass is 397 g/mol. The summed E-state index contributed by atoms with van der Waals surface area (Å²) in [6, 6.07) is 20.1. The zero-order valence-corrected chi connectivity index (χ0v) is 15.7. The van der Waals surface area contributed by atoms with Crippen LogP contribution in [0, 0.1) is 11.6 Å². The molecular weight excluding hydrogens is 376 g/mol. The molecule has 29 heavy (non-hydrogen) atoms. The van der Waals surface area contributed by atoms with Gasteiger partial charge in [-0.3, -0.25) is 4.79 Å². The van der Waals surface area contributed by atoms with Gasteiger partial charge >= 0.3 is 0 Å².